The maximum atomic E-state index is 12.7. The lowest BCUT2D eigenvalue weighted by Crippen LogP contribution is -2.30. The van der Waals surface area contributed by atoms with Gasteiger partial charge in [-0.15, -0.1) is 0 Å². The van der Waals surface area contributed by atoms with E-state index in [1.54, 1.807) is 13.1 Å². The van der Waals surface area contributed by atoms with Crippen LogP contribution >= 0.6 is 0 Å². The summed E-state index contributed by atoms with van der Waals surface area (Å²) in [5.74, 6) is 0.261. The average Bonchev–Trinajstić information content (AvgIpc) is 3.12. The maximum Gasteiger partial charge on any atom is 0.269 e. The van der Waals surface area contributed by atoms with Gasteiger partial charge in [0.15, 0.2) is 0 Å². The van der Waals surface area contributed by atoms with Gasteiger partial charge in [0.1, 0.15) is 5.69 Å². The van der Waals surface area contributed by atoms with Crippen LogP contribution < -0.4 is 10.6 Å². The van der Waals surface area contributed by atoms with Crippen molar-refractivity contribution in [2.24, 2.45) is 11.8 Å². The molecule has 3 N–H and O–H groups in total. The van der Waals surface area contributed by atoms with Crippen LogP contribution in [0.4, 0.5) is 0 Å². The van der Waals surface area contributed by atoms with Gasteiger partial charge < -0.3 is 15.7 Å². The minimum atomic E-state index is -0.314. The van der Waals surface area contributed by atoms with Gasteiger partial charge in [-0.25, -0.2) is 4.98 Å². The minimum absolute atomic E-state index is 0.134. The van der Waals surface area contributed by atoms with E-state index < -0.39 is 0 Å². The second-order valence-electron chi connectivity index (χ2n) is 7.43. The lowest BCUT2D eigenvalue weighted by Gasteiger charge is -2.12. The number of amides is 2. The Kier molecular flexibility index (Phi) is 4.66. The molecular formula is C21H23N3O3. The average molecular weight is 365 g/mol. The van der Waals surface area contributed by atoms with Gasteiger partial charge in [0.05, 0.1) is 6.10 Å². The highest BCUT2D eigenvalue weighted by molar-refractivity contribution is 5.98. The van der Waals surface area contributed by atoms with Crippen molar-refractivity contribution in [1.29, 1.82) is 0 Å². The summed E-state index contributed by atoms with van der Waals surface area (Å²) < 4.78 is 0. The molecule has 1 heterocycles. The van der Waals surface area contributed by atoms with E-state index in [4.69, 9.17) is 0 Å². The van der Waals surface area contributed by atoms with Gasteiger partial charge in [-0.1, -0.05) is 30.3 Å². The molecule has 6 heteroatoms. The zero-order valence-corrected chi connectivity index (χ0v) is 15.2. The SMILES string of the molecule is CNC(=O)c1cc(C(=O)N[C@H]2[C@@H]3C[C@H](O)C[C@@H]32)cc(Cc2ccccc2)n1. The molecule has 4 atom stereocenters. The van der Waals surface area contributed by atoms with Crippen molar-refractivity contribution in [2.45, 2.75) is 31.4 Å². The smallest absolute Gasteiger partial charge is 0.269 e. The number of rotatable bonds is 5. The Hall–Kier alpha value is -2.73. The number of carbonyl (C=O) groups excluding carboxylic acids is 2. The molecule has 0 saturated heterocycles. The molecule has 0 unspecified atom stereocenters. The van der Waals surface area contributed by atoms with Crippen molar-refractivity contribution in [3.8, 4) is 0 Å². The fourth-order valence-electron chi connectivity index (χ4n) is 4.12. The number of aliphatic hydroxyl groups is 1. The Balaban J connectivity index is 1.54. The highest BCUT2D eigenvalue weighted by Crippen LogP contribution is 2.52. The van der Waals surface area contributed by atoms with Gasteiger partial charge in [0, 0.05) is 30.8 Å². The van der Waals surface area contributed by atoms with Crippen molar-refractivity contribution in [2.75, 3.05) is 7.05 Å². The van der Waals surface area contributed by atoms with Crippen LogP contribution in [0.1, 0.15) is 44.9 Å². The standard InChI is InChI=1S/C21H23N3O3/c1-22-21(27)18-9-13(8-14(23-18)7-12-5-3-2-4-6-12)20(26)24-19-16-10-15(25)11-17(16)19/h2-6,8-9,15-17,19,25H,7,10-11H2,1H3,(H,22,27)(H,24,26)/t15-,16+,17-,19-. The molecule has 1 aromatic carbocycles. The first-order valence-electron chi connectivity index (χ1n) is 9.31. The van der Waals surface area contributed by atoms with Gasteiger partial charge >= 0.3 is 0 Å². The van der Waals surface area contributed by atoms with Crippen molar-refractivity contribution in [3.05, 3.63) is 65.0 Å². The highest BCUT2D eigenvalue weighted by atomic mass is 16.3. The van der Waals surface area contributed by atoms with Crippen LogP contribution in [0.2, 0.25) is 0 Å². The Morgan fingerprint density at radius 1 is 1.11 bits per heavy atom. The van der Waals surface area contributed by atoms with E-state index in [0.717, 1.165) is 18.4 Å². The summed E-state index contributed by atoms with van der Waals surface area (Å²) in [7, 11) is 1.55. The van der Waals surface area contributed by atoms with Crippen LogP contribution in [0.5, 0.6) is 0 Å². The molecule has 4 rings (SSSR count). The zero-order valence-electron chi connectivity index (χ0n) is 15.2. The number of nitrogens with one attached hydrogen (secondary N) is 2. The first-order chi connectivity index (χ1) is 13.0. The van der Waals surface area contributed by atoms with Crippen molar-refractivity contribution >= 4 is 11.8 Å². The number of fused-ring (bicyclic) bond motifs is 1. The third-order valence-electron chi connectivity index (χ3n) is 5.55. The second-order valence-corrected chi connectivity index (χ2v) is 7.43. The molecule has 0 aliphatic heterocycles. The molecule has 2 aromatic rings. The van der Waals surface area contributed by atoms with E-state index in [9.17, 15) is 14.7 Å². The third-order valence-corrected chi connectivity index (χ3v) is 5.55. The van der Waals surface area contributed by atoms with Gasteiger partial charge in [0.25, 0.3) is 11.8 Å². The first-order valence-corrected chi connectivity index (χ1v) is 9.31. The molecule has 2 saturated carbocycles. The number of hydrogen-bond donors (Lipinski definition) is 3. The molecule has 2 aliphatic rings. The molecule has 0 radical (unpaired) electrons. The molecule has 2 amide bonds. The van der Waals surface area contributed by atoms with E-state index in [2.05, 4.69) is 15.6 Å². The number of aliphatic hydroxyl groups excluding tert-OH is 1. The van der Waals surface area contributed by atoms with E-state index in [1.165, 1.54) is 6.07 Å². The van der Waals surface area contributed by atoms with Crippen LogP contribution in [0, 0.1) is 11.8 Å². The summed E-state index contributed by atoms with van der Waals surface area (Å²) in [5.41, 5.74) is 2.43. The molecule has 0 spiro atoms. The molecular weight excluding hydrogens is 342 g/mol. The summed E-state index contributed by atoms with van der Waals surface area (Å²) in [4.78, 5) is 29.3. The van der Waals surface area contributed by atoms with E-state index in [0.29, 0.717) is 29.5 Å². The molecule has 27 heavy (non-hydrogen) atoms. The summed E-state index contributed by atoms with van der Waals surface area (Å²) in [6.07, 6.45) is 1.84. The minimum Gasteiger partial charge on any atom is -0.393 e. The number of hydrogen-bond acceptors (Lipinski definition) is 4. The number of benzene rings is 1. The van der Waals surface area contributed by atoms with Crippen molar-refractivity contribution in [1.82, 2.24) is 15.6 Å². The van der Waals surface area contributed by atoms with Gasteiger partial charge in [0.2, 0.25) is 0 Å². The number of carbonyl (C=O) groups is 2. The fraction of sp³-hybridized carbons (Fsp3) is 0.381. The van der Waals surface area contributed by atoms with Gasteiger partial charge in [-0.3, -0.25) is 9.59 Å². The van der Waals surface area contributed by atoms with Crippen LogP contribution in [-0.2, 0) is 6.42 Å². The third kappa shape index (κ3) is 3.71. The molecule has 1 aromatic heterocycles. The van der Waals surface area contributed by atoms with Gasteiger partial charge in [-0.2, -0.15) is 0 Å². The number of nitrogens with zero attached hydrogens (tertiary/aromatic N) is 1. The number of aromatic nitrogens is 1. The Labute approximate surface area is 158 Å². The highest BCUT2D eigenvalue weighted by Gasteiger charge is 2.56. The van der Waals surface area contributed by atoms with E-state index >= 15 is 0 Å². The summed E-state index contributed by atoms with van der Waals surface area (Å²) in [6, 6.07) is 13.3. The Morgan fingerprint density at radius 2 is 1.81 bits per heavy atom. The van der Waals surface area contributed by atoms with Crippen LogP contribution in [0.3, 0.4) is 0 Å². The predicted octanol–water partition coefficient (Wildman–Crippen LogP) is 1.53. The quantitative estimate of drug-likeness (QED) is 0.749. The Morgan fingerprint density at radius 3 is 2.48 bits per heavy atom. The lowest BCUT2D eigenvalue weighted by atomic mass is 10.1. The molecule has 140 valence electrons. The zero-order chi connectivity index (χ0) is 19.0. The molecule has 2 fully saturated rings. The van der Waals surface area contributed by atoms with Crippen molar-refractivity contribution in [3.63, 3.8) is 0 Å². The van der Waals surface area contributed by atoms with E-state index in [-0.39, 0.29) is 29.7 Å². The second kappa shape index (κ2) is 7.12. The van der Waals surface area contributed by atoms with Crippen LogP contribution in [0.25, 0.3) is 0 Å². The first kappa shape index (κ1) is 17.7. The monoisotopic (exact) mass is 365 g/mol. The van der Waals surface area contributed by atoms with Crippen molar-refractivity contribution < 1.29 is 14.7 Å². The molecule has 0 bridgehead atoms. The normalized spacial score (nSPS) is 25.6. The summed E-state index contributed by atoms with van der Waals surface area (Å²) in [6.45, 7) is 0. The largest absolute Gasteiger partial charge is 0.393 e. The van der Waals surface area contributed by atoms with Crippen LogP contribution in [0.15, 0.2) is 42.5 Å². The maximum absolute atomic E-state index is 12.7. The lowest BCUT2D eigenvalue weighted by molar-refractivity contribution is 0.0936. The predicted molar refractivity (Wildman–Crippen MR) is 100 cm³/mol. The van der Waals surface area contributed by atoms with Crippen LogP contribution in [-0.4, -0.2) is 41.1 Å². The fourth-order valence-corrected chi connectivity index (χ4v) is 4.12. The Bertz CT molecular complexity index is 856. The van der Waals surface area contributed by atoms with E-state index in [1.807, 2.05) is 30.3 Å². The topological polar surface area (TPSA) is 91.3 Å². The van der Waals surface area contributed by atoms with Gasteiger partial charge in [-0.05, 0) is 42.4 Å². The summed E-state index contributed by atoms with van der Waals surface area (Å²) in [5, 5.41) is 15.3. The summed E-state index contributed by atoms with van der Waals surface area (Å²) >= 11 is 0. The molecule has 6 nitrogen and oxygen atoms in total. The number of pyridine rings is 1. The molecule has 2 aliphatic carbocycles.